The lowest BCUT2D eigenvalue weighted by atomic mass is 9.94. The molecule has 1 aromatic rings. The minimum atomic E-state index is -4.47. The van der Waals surface area contributed by atoms with Crippen molar-refractivity contribution in [3.63, 3.8) is 0 Å². The topological polar surface area (TPSA) is 40.6 Å². The summed E-state index contributed by atoms with van der Waals surface area (Å²) in [6.45, 7) is 2.43. The van der Waals surface area contributed by atoms with Gasteiger partial charge in [-0.25, -0.2) is 4.39 Å². The third-order valence-corrected chi connectivity index (χ3v) is 4.25. The van der Waals surface area contributed by atoms with E-state index < -0.39 is 30.4 Å². The van der Waals surface area contributed by atoms with Crippen LogP contribution in [-0.4, -0.2) is 54.0 Å². The van der Waals surface area contributed by atoms with Crippen LogP contribution in [0.25, 0.3) is 0 Å². The Morgan fingerprint density at radius 2 is 1.77 bits per heavy atom. The lowest BCUT2D eigenvalue weighted by molar-refractivity contribution is -0.163. The van der Waals surface area contributed by atoms with Gasteiger partial charge in [0.2, 0.25) is 5.91 Å². The largest absolute Gasteiger partial charge is 0.406 e. The molecule has 0 saturated carbocycles. The van der Waals surface area contributed by atoms with E-state index in [4.69, 9.17) is 0 Å². The van der Waals surface area contributed by atoms with E-state index in [0.717, 1.165) is 4.90 Å². The lowest BCUT2D eigenvalue weighted by Crippen LogP contribution is -2.46. The Balaban J connectivity index is 1.95. The van der Waals surface area contributed by atoms with E-state index in [-0.39, 0.29) is 38.4 Å². The van der Waals surface area contributed by atoms with Gasteiger partial charge in [-0.15, -0.1) is 6.58 Å². The Morgan fingerprint density at radius 1 is 1.19 bits per heavy atom. The van der Waals surface area contributed by atoms with Crippen LogP contribution in [0.4, 0.5) is 17.6 Å². The van der Waals surface area contributed by atoms with Crippen LogP contribution < -0.4 is 0 Å². The molecule has 1 aliphatic heterocycles. The van der Waals surface area contributed by atoms with Crippen LogP contribution in [0, 0.1) is 11.7 Å². The fourth-order valence-corrected chi connectivity index (χ4v) is 2.97. The Kier molecular flexibility index (Phi) is 6.39. The van der Waals surface area contributed by atoms with Gasteiger partial charge < -0.3 is 9.80 Å². The number of halogens is 4. The highest BCUT2D eigenvalue weighted by Gasteiger charge is 2.36. The molecule has 26 heavy (non-hydrogen) atoms. The minimum absolute atomic E-state index is 0.174. The predicted octanol–water partition coefficient (Wildman–Crippen LogP) is 3.25. The third kappa shape index (κ3) is 5.31. The van der Waals surface area contributed by atoms with E-state index in [2.05, 4.69) is 6.58 Å². The fourth-order valence-electron chi connectivity index (χ4n) is 2.97. The number of hydrogen-bond acceptors (Lipinski definition) is 2. The first kappa shape index (κ1) is 19.9. The molecule has 0 spiro atoms. The molecule has 1 aromatic carbocycles. The number of likely N-dealkylation sites (tertiary alicyclic amines) is 1. The van der Waals surface area contributed by atoms with Gasteiger partial charge in [-0.1, -0.05) is 6.08 Å². The van der Waals surface area contributed by atoms with Crippen molar-refractivity contribution in [3.8, 4) is 0 Å². The molecule has 0 aliphatic carbocycles. The van der Waals surface area contributed by atoms with Gasteiger partial charge in [-0.2, -0.15) is 13.2 Å². The minimum Gasteiger partial charge on any atom is -0.339 e. The van der Waals surface area contributed by atoms with Gasteiger partial charge in [0.25, 0.3) is 5.91 Å². The summed E-state index contributed by atoms with van der Waals surface area (Å²) in [5.74, 6) is -1.86. The molecule has 0 bridgehead atoms. The van der Waals surface area contributed by atoms with Crippen LogP contribution >= 0.6 is 0 Å². The summed E-state index contributed by atoms with van der Waals surface area (Å²) in [5, 5.41) is 0. The molecule has 1 fully saturated rings. The van der Waals surface area contributed by atoms with Crippen LogP contribution in [-0.2, 0) is 4.79 Å². The normalized spacial score (nSPS) is 15.6. The molecular weight excluding hydrogens is 352 g/mol. The first-order chi connectivity index (χ1) is 12.2. The van der Waals surface area contributed by atoms with Crippen LogP contribution in [0.3, 0.4) is 0 Å². The van der Waals surface area contributed by atoms with Gasteiger partial charge in [0.15, 0.2) is 0 Å². The molecule has 4 nitrogen and oxygen atoms in total. The second-order valence-corrected chi connectivity index (χ2v) is 6.20. The van der Waals surface area contributed by atoms with Gasteiger partial charge >= 0.3 is 6.18 Å². The average molecular weight is 372 g/mol. The number of hydrogen-bond donors (Lipinski definition) is 0. The van der Waals surface area contributed by atoms with Crippen LogP contribution in [0.5, 0.6) is 0 Å². The monoisotopic (exact) mass is 372 g/mol. The highest BCUT2D eigenvalue weighted by Crippen LogP contribution is 2.24. The first-order valence-corrected chi connectivity index (χ1v) is 8.22. The summed E-state index contributed by atoms with van der Waals surface area (Å²) in [4.78, 5) is 27.0. The molecule has 0 atom stereocenters. The predicted molar refractivity (Wildman–Crippen MR) is 87.9 cm³/mol. The van der Waals surface area contributed by atoms with Crippen molar-refractivity contribution in [2.75, 3.05) is 26.2 Å². The van der Waals surface area contributed by atoms with E-state index in [0.29, 0.717) is 5.56 Å². The number of piperidine rings is 1. The van der Waals surface area contributed by atoms with Gasteiger partial charge in [0, 0.05) is 31.1 Å². The molecule has 2 amide bonds. The van der Waals surface area contributed by atoms with E-state index >= 15 is 0 Å². The molecule has 0 unspecified atom stereocenters. The summed E-state index contributed by atoms with van der Waals surface area (Å²) in [5.41, 5.74) is 0.335. The molecular formula is C18H20F4N2O2. The Bertz CT molecular complexity index is 650. The molecule has 1 saturated heterocycles. The highest BCUT2D eigenvalue weighted by atomic mass is 19.4. The summed E-state index contributed by atoms with van der Waals surface area (Å²) >= 11 is 0. The Hall–Kier alpha value is -2.38. The molecule has 0 radical (unpaired) electrons. The number of carbonyl (C=O) groups is 2. The molecule has 142 valence electrons. The van der Waals surface area contributed by atoms with Gasteiger partial charge in [0.05, 0.1) is 0 Å². The summed E-state index contributed by atoms with van der Waals surface area (Å²) < 4.78 is 50.8. The maximum atomic E-state index is 12.9. The van der Waals surface area contributed by atoms with Crippen molar-refractivity contribution < 1.29 is 27.2 Å². The Morgan fingerprint density at radius 3 is 2.27 bits per heavy atom. The van der Waals surface area contributed by atoms with Crippen molar-refractivity contribution in [1.82, 2.24) is 9.80 Å². The summed E-state index contributed by atoms with van der Waals surface area (Å²) in [7, 11) is 0. The zero-order chi connectivity index (χ0) is 19.3. The molecule has 2 rings (SSSR count). The first-order valence-electron chi connectivity index (χ1n) is 8.22. The van der Waals surface area contributed by atoms with Crippen molar-refractivity contribution in [1.29, 1.82) is 0 Å². The van der Waals surface area contributed by atoms with Crippen molar-refractivity contribution in [3.05, 3.63) is 48.3 Å². The van der Waals surface area contributed by atoms with Gasteiger partial charge in [-0.3, -0.25) is 9.59 Å². The quantitative estimate of drug-likeness (QED) is 0.588. The number of alkyl halides is 3. The molecule has 8 heteroatoms. The molecule has 0 N–H and O–H groups in total. The van der Waals surface area contributed by atoms with Gasteiger partial charge in [0.1, 0.15) is 12.4 Å². The molecule has 1 aliphatic rings. The number of benzene rings is 1. The zero-order valence-electron chi connectivity index (χ0n) is 14.1. The number of nitrogens with zero attached hydrogens (tertiary/aromatic N) is 2. The SMILES string of the molecule is C=CCN(CC(F)(F)F)C(=O)C1CCN(C(=O)c2ccc(F)cc2)CC1. The maximum Gasteiger partial charge on any atom is 0.406 e. The van der Waals surface area contributed by atoms with Crippen molar-refractivity contribution in [2.24, 2.45) is 5.92 Å². The second kappa shape index (κ2) is 8.33. The van der Waals surface area contributed by atoms with Crippen molar-refractivity contribution >= 4 is 11.8 Å². The summed E-state index contributed by atoms with van der Waals surface area (Å²) in [6.07, 6.45) is -2.64. The van der Waals surface area contributed by atoms with E-state index in [1.807, 2.05) is 0 Å². The highest BCUT2D eigenvalue weighted by molar-refractivity contribution is 5.94. The van der Waals surface area contributed by atoms with E-state index in [1.54, 1.807) is 0 Å². The van der Waals surface area contributed by atoms with Gasteiger partial charge in [-0.05, 0) is 37.1 Å². The number of rotatable bonds is 5. The van der Waals surface area contributed by atoms with Crippen LogP contribution in [0.2, 0.25) is 0 Å². The smallest absolute Gasteiger partial charge is 0.339 e. The number of amides is 2. The second-order valence-electron chi connectivity index (χ2n) is 6.20. The van der Waals surface area contributed by atoms with Crippen LogP contribution in [0.15, 0.2) is 36.9 Å². The van der Waals surface area contributed by atoms with E-state index in [9.17, 15) is 27.2 Å². The lowest BCUT2D eigenvalue weighted by Gasteiger charge is -2.34. The molecule has 1 heterocycles. The van der Waals surface area contributed by atoms with E-state index in [1.165, 1.54) is 35.2 Å². The maximum absolute atomic E-state index is 12.9. The zero-order valence-corrected chi connectivity index (χ0v) is 14.1. The summed E-state index contributed by atoms with van der Waals surface area (Å²) in [6, 6.07) is 5.13. The average Bonchev–Trinajstić information content (AvgIpc) is 2.60. The Labute approximate surface area is 149 Å². The standard InChI is InChI=1S/C18H20F4N2O2/c1-2-9-24(12-18(20,21)22)17(26)14-7-10-23(11-8-14)16(25)13-3-5-15(19)6-4-13/h2-6,14H,1,7-12H2. The number of carbonyl (C=O) groups excluding carboxylic acids is 2. The van der Waals surface area contributed by atoms with Crippen molar-refractivity contribution in [2.45, 2.75) is 19.0 Å². The third-order valence-electron chi connectivity index (χ3n) is 4.25. The fraction of sp³-hybridized carbons (Fsp3) is 0.444. The van der Waals surface area contributed by atoms with Crippen LogP contribution in [0.1, 0.15) is 23.2 Å². The molecule has 0 aromatic heterocycles.